The van der Waals surface area contributed by atoms with E-state index in [0.29, 0.717) is 0 Å². The molecule has 2 heteroatoms. The molecule has 0 bridgehead atoms. The molecule has 0 spiro atoms. The SMILES string of the molecule is C=CC=C.Cc1ccc2c(c1)sc1ccccc12.Cc1ccc2c3ccccc3n(-c3ccccc3)c2c1. The molecule has 2 heterocycles. The average Bonchev–Trinajstić information content (AvgIpc) is 3.48. The van der Waals surface area contributed by atoms with Gasteiger partial charge in [-0.2, -0.15) is 0 Å². The summed E-state index contributed by atoms with van der Waals surface area (Å²) in [4.78, 5) is 0. The highest BCUT2D eigenvalue weighted by molar-refractivity contribution is 7.25. The van der Waals surface area contributed by atoms with Gasteiger partial charge in [-0.25, -0.2) is 0 Å². The third-order valence-corrected chi connectivity index (χ3v) is 7.68. The maximum Gasteiger partial charge on any atom is 0.0543 e. The first-order chi connectivity index (χ1) is 18.6. The first kappa shape index (κ1) is 25.3. The Morgan fingerprint density at radius 1 is 0.526 bits per heavy atom. The van der Waals surface area contributed by atoms with E-state index in [1.807, 2.05) is 11.3 Å². The van der Waals surface area contributed by atoms with Crippen LogP contribution in [-0.2, 0) is 0 Å². The Balaban J connectivity index is 0.000000142. The molecule has 186 valence electrons. The summed E-state index contributed by atoms with van der Waals surface area (Å²) in [5, 5.41) is 5.39. The van der Waals surface area contributed by atoms with Crippen LogP contribution in [-0.4, -0.2) is 4.57 Å². The van der Waals surface area contributed by atoms with Gasteiger partial charge in [0.1, 0.15) is 0 Å². The zero-order valence-corrected chi connectivity index (χ0v) is 22.7. The van der Waals surface area contributed by atoms with E-state index in [4.69, 9.17) is 0 Å². The normalized spacial score (nSPS) is 10.6. The van der Waals surface area contributed by atoms with E-state index < -0.39 is 0 Å². The van der Waals surface area contributed by atoms with E-state index in [2.05, 4.69) is 147 Å². The molecule has 5 aromatic carbocycles. The lowest BCUT2D eigenvalue weighted by atomic mass is 10.1. The lowest BCUT2D eigenvalue weighted by Gasteiger charge is -2.07. The molecule has 1 nitrogen and oxygen atoms in total. The molecule has 0 aliphatic rings. The van der Waals surface area contributed by atoms with Crippen molar-refractivity contribution in [3.05, 3.63) is 152 Å². The highest BCUT2D eigenvalue weighted by atomic mass is 32.1. The molecule has 7 rings (SSSR count). The van der Waals surface area contributed by atoms with Gasteiger partial charge in [0.05, 0.1) is 11.0 Å². The fourth-order valence-electron chi connectivity index (χ4n) is 4.77. The summed E-state index contributed by atoms with van der Waals surface area (Å²) in [6.45, 7) is 11.0. The van der Waals surface area contributed by atoms with Crippen molar-refractivity contribution in [1.82, 2.24) is 4.57 Å². The van der Waals surface area contributed by atoms with Crippen LogP contribution in [0.3, 0.4) is 0 Å². The number of fused-ring (bicyclic) bond motifs is 6. The van der Waals surface area contributed by atoms with Crippen LogP contribution in [0, 0.1) is 13.8 Å². The predicted molar refractivity (Wildman–Crippen MR) is 170 cm³/mol. The third-order valence-electron chi connectivity index (χ3n) is 6.54. The zero-order valence-electron chi connectivity index (χ0n) is 21.9. The molecule has 0 N–H and O–H groups in total. The second-order valence-electron chi connectivity index (χ2n) is 9.28. The molecule has 0 saturated heterocycles. The van der Waals surface area contributed by atoms with Gasteiger partial charge in [-0.15, -0.1) is 11.3 Å². The molecular weight excluding hydrogens is 478 g/mol. The van der Waals surface area contributed by atoms with E-state index in [9.17, 15) is 0 Å². The molecular formula is C36H31NS. The van der Waals surface area contributed by atoms with Crippen LogP contribution in [0.1, 0.15) is 11.1 Å². The molecule has 0 amide bonds. The number of benzene rings is 5. The molecule has 0 saturated carbocycles. The van der Waals surface area contributed by atoms with Gasteiger partial charge in [-0.05, 0) is 61.4 Å². The third kappa shape index (κ3) is 5.04. The minimum Gasteiger partial charge on any atom is -0.309 e. The fraction of sp³-hybridized carbons (Fsp3) is 0.0556. The van der Waals surface area contributed by atoms with Gasteiger partial charge in [0.15, 0.2) is 0 Å². The van der Waals surface area contributed by atoms with Crippen molar-refractivity contribution < 1.29 is 0 Å². The Kier molecular flexibility index (Phi) is 7.53. The standard InChI is InChI=1S/C19H15N.C13H10S.C4H6/c1-14-11-12-17-16-9-5-6-10-18(16)20(19(17)13-14)15-7-3-2-4-8-15;1-9-6-7-11-10-4-2-3-5-12(10)14-13(11)8-9;1-3-4-2/h2-13H,1H3;2-8H,1H3;3-4H,1-2H2. The molecule has 0 atom stereocenters. The van der Waals surface area contributed by atoms with Crippen LogP contribution in [0.15, 0.2) is 141 Å². The van der Waals surface area contributed by atoms with Crippen molar-refractivity contribution >= 4 is 53.3 Å². The summed E-state index contributed by atoms with van der Waals surface area (Å²) in [6.07, 6.45) is 3.28. The van der Waals surface area contributed by atoms with Crippen molar-refractivity contribution in [2.75, 3.05) is 0 Å². The summed E-state index contributed by atoms with van der Waals surface area (Å²) >= 11 is 1.88. The fourth-order valence-corrected chi connectivity index (χ4v) is 5.97. The smallest absolute Gasteiger partial charge is 0.0543 e. The van der Waals surface area contributed by atoms with Crippen molar-refractivity contribution in [2.24, 2.45) is 0 Å². The molecule has 38 heavy (non-hydrogen) atoms. The summed E-state index contributed by atoms with van der Waals surface area (Å²) in [7, 11) is 0. The van der Waals surface area contributed by atoms with Gasteiger partial charge in [0, 0.05) is 36.6 Å². The quantitative estimate of drug-likeness (QED) is 0.204. The number of para-hydroxylation sites is 2. The minimum atomic E-state index is 1.21. The molecule has 7 aromatic rings. The first-order valence-corrected chi connectivity index (χ1v) is 13.6. The molecule has 0 radical (unpaired) electrons. The van der Waals surface area contributed by atoms with Gasteiger partial charge in [0.25, 0.3) is 0 Å². The number of hydrogen-bond donors (Lipinski definition) is 0. The maximum absolute atomic E-state index is 3.36. The Morgan fingerprint density at radius 3 is 1.82 bits per heavy atom. The van der Waals surface area contributed by atoms with Crippen molar-refractivity contribution in [3.63, 3.8) is 0 Å². The summed E-state index contributed by atoms with van der Waals surface area (Å²) < 4.78 is 5.12. The highest BCUT2D eigenvalue weighted by Gasteiger charge is 2.11. The van der Waals surface area contributed by atoms with Crippen LogP contribution in [0.2, 0.25) is 0 Å². The second-order valence-corrected chi connectivity index (χ2v) is 10.4. The van der Waals surface area contributed by atoms with E-state index in [-0.39, 0.29) is 0 Å². The topological polar surface area (TPSA) is 4.93 Å². The lowest BCUT2D eigenvalue weighted by molar-refractivity contribution is 1.18. The minimum absolute atomic E-state index is 1.21. The Bertz CT molecular complexity index is 1860. The number of allylic oxidation sites excluding steroid dienone is 2. The van der Waals surface area contributed by atoms with Crippen LogP contribution < -0.4 is 0 Å². The highest BCUT2D eigenvalue weighted by Crippen LogP contribution is 2.34. The van der Waals surface area contributed by atoms with E-state index in [1.165, 1.54) is 58.8 Å². The average molecular weight is 510 g/mol. The van der Waals surface area contributed by atoms with Crippen molar-refractivity contribution in [3.8, 4) is 5.69 Å². The summed E-state index contributed by atoms with van der Waals surface area (Å²) in [6, 6.07) is 41.1. The van der Waals surface area contributed by atoms with Gasteiger partial charge >= 0.3 is 0 Å². The number of rotatable bonds is 2. The number of aryl methyl sites for hydroxylation is 2. The van der Waals surface area contributed by atoms with E-state index >= 15 is 0 Å². The van der Waals surface area contributed by atoms with Crippen LogP contribution in [0.4, 0.5) is 0 Å². The largest absolute Gasteiger partial charge is 0.309 e. The zero-order chi connectivity index (χ0) is 26.5. The molecule has 0 aliphatic carbocycles. The van der Waals surface area contributed by atoms with Crippen molar-refractivity contribution in [1.29, 1.82) is 0 Å². The first-order valence-electron chi connectivity index (χ1n) is 12.8. The van der Waals surface area contributed by atoms with Crippen LogP contribution in [0.25, 0.3) is 47.7 Å². The predicted octanol–water partition coefficient (Wildman–Crippen LogP) is 10.8. The Labute approximate surface area is 228 Å². The molecule has 2 aromatic heterocycles. The lowest BCUT2D eigenvalue weighted by Crippen LogP contribution is -1.92. The van der Waals surface area contributed by atoms with Gasteiger partial charge in [-0.1, -0.05) is 104 Å². The summed E-state index contributed by atoms with van der Waals surface area (Å²) in [5.74, 6) is 0. The number of nitrogens with zero attached hydrogens (tertiary/aromatic N) is 1. The van der Waals surface area contributed by atoms with Gasteiger partial charge in [-0.3, -0.25) is 0 Å². The van der Waals surface area contributed by atoms with Crippen molar-refractivity contribution in [2.45, 2.75) is 13.8 Å². The summed E-state index contributed by atoms with van der Waals surface area (Å²) in [5.41, 5.74) is 6.38. The molecule has 0 fully saturated rings. The van der Waals surface area contributed by atoms with Crippen LogP contribution >= 0.6 is 11.3 Å². The number of thiophene rings is 1. The number of hydrogen-bond acceptors (Lipinski definition) is 1. The maximum atomic E-state index is 3.36. The monoisotopic (exact) mass is 509 g/mol. The van der Waals surface area contributed by atoms with E-state index in [1.54, 1.807) is 12.2 Å². The second kappa shape index (κ2) is 11.3. The van der Waals surface area contributed by atoms with Crippen LogP contribution in [0.5, 0.6) is 0 Å². The Hall–Kier alpha value is -4.40. The van der Waals surface area contributed by atoms with E-state index in [0.717, 1.165) is 0 Å². The van der Waals surface area contributed by atoms with Gasteiger partial charge in [0.2, 0.25) is 0 Å². The molecule has 0 unspecified atom stereocenters. The Morgan fingerprint density at radius 2 is 1.08 bits per heavy atom. The molecule has 0 aliphatic heterocycles. The number of aromatic nitrogens is 1. The van der Waals surface area contributed by atoms with Gasteiger partial charge < -0.3 is 4.57 Å².